The van der Waals surface area contributed by atoms with Crippen LogP contribution in [-0.2, 0) is 38.4 Å². The number of imide groups is 1. The van der Waals surface area contributed by atoms with Gasteiger partial charge in [0.1, 0.15) is 6.29 Å². The van der Waals surface area contributed by atoms with E-state index in [0.717, 1.165) is 5.06 Å². The van der Waals surface area contributed by atoms with Gasteiger partial charge in [0.05, 0.1) is 11.8 Å². The Hall–Kier alpha value is -2.78. The van der Waals surface area contributed by atoms with Crippen molar-refractivity contribution in [2.75, 3.05) is 7.05 Å². The Balaban J connectivity index is 1.87. The molecule has 0 aromatic heterocycles. The molecule has 0 radical (unpaired) electrons. The highest BCUT2D eigenvalue weighted by Crippen LogP contribution is 2.31. The maximum absolute atomic E-state index is 12.2. The van der Waals surface area contributed by atoms with Gasteiger partial charge in [-0.15, -0.1) is 5.06 Å². The van der Waals surface area contributed by atoms with Crippen molar-refractivity contribution in [1.29, 1.82) is 0 Å². The van der Waals surface area contributed by atoms with Gasteiger partial charge in [0.15, 0.2) is 0 Å². The molecular weight excluding hydrogens is 360 g/mol. The fourth-order valence-electron chi connectivity index (χ4n) is 3.04. The van der Waals surface area contributed by atoms with Crippen molar-refractivity contribution in [2.45, 2.75) is 51.4 Å². The van der Waals surface area contributed by atoms with E-state index in [9.17, 15) is 28.8 Å². The van der Waals surface area contributed by atoms with Crippen LogP contribution in [0.3, 0.4) is 0 Å². The molecule has 10 nitrogen and oxygen atoms in total. The zero-order chi connectivity index (χ0) is 20.0. The van der Waals surface area contributed by atoms with E-state index in [1.165, 1.54) is 7.05 Å². The van der Waals surface area contributed by atoms with Crippen LogP contribution in [0.25, 0.3) is 0 Å². The highest BCUT2D eigenvalue weighted by molar-refractivity contribution is 6.01. The van der Waals surface area contributed by atoms with Crippen LogP contribution in [0, 0.1) is 11.8 Å². The van der Waals surface area contributed by atoms with Gasteiger partial charge < -0.3 is 14.5 Å². The first-order valence-electron chi connectivity index (χ1n) is 8.83. The van der Waals surface area contributed by atoms with Crippen molar-refractivity contribution in [3.63, 3.8) is 0 Å². The van der Waals surface area contributed by atoms with Gasteiger partial charge in [-0.2, -0.15) is 5.06 Å². The summed E-state index contributed by atoms with van der Waals surface area (Å²) >= 11 is 0. The van der Waals surface area contributed by atoms with Crippen molar-refractivity contribution < 1.29 is 38.4 Å². The number of amides is 3. The average molecular weight is 382 g/mol. The standard InChI is InChI=1S/C17H22N2O8/c1-18(13(21)6-3-9-20)26-16(24)11-4-2-5-12(10-11)17(25)27-19-14(22)7-8-15(19)23/h9,11-12H,2-8,10H2,1H3. The van der Waals surface area contributed by atoms with Crippen LogP contribution < -0.4 is 0 Å². The largest absolute Gasteiger partial charge is 0.338 e. The molecule has 0 aromatic rings. The number of carbonyl (C=O) groups excluding carboxylic acids is 6. The molecule has 3 amide bonds. The lowest BCUT2D eigenvalue weighted by Crippen LogP contribution is -2.38. The van der Waals surface area contributed by atoms with E-state index < -0.39 is 41.5 Å². The second kappa shape index (κ2) is 9.24. The molecule has 148 valence electrons. The second-order valence-corrected chi connectivity index (χ2v) is 6.56. The Labute approximate surface area is 155 Å². The number of hydrogen-bond acceptors (Lipinski definition) is 8. The molecule has 27 heavy (non-hydrogen) atoms. The molecule has 1 heterocycles. The molecule has 2 fully saturated rings. The lowest BCUT2D eigenvalue weighted by molar-refractivity contribution is -0.204. The molecule has 0 spiro atoms. The van der Waals surface area contributed by atoms with Crippen molar-refractivity contribution in [2.24, 2.45) is 11.8 Å². The minimum atomic E-state index is -0.730. The van der Waals surface area contributed by atoms with Crippen LogP contribution in [-0.4, -0.2) is 53.1 Å². The van der Waals surface area contributed by atoms with Gasteiger partial charge in [-0.3, -0.25) is 14.4 Å². The molecule has 1 aliphatic heterocycles. The topological polar surface area (TPSA) is 127 Å². The van der Waals surface area contributed by atoms with E-state index in [-0.39, 0.29) is 32.1 Å². The van der Waals surface area contributed by atoms with Gasteiger partial charge in [-0.25, -0.2) is 9.59 Å². The summed E-state index contributed by atoms with van der Waals surface area (Å²) in [6.07, 6.45) is 2.24. The number of hydrogen-bond donors (Lipinski definition) is 0. The molecule has 10 heteroatoms. The summed E-state index contributed by atoms with van der Waals surface area (Å²) in [6, 6.07) is 0. The summed E-state index contributed by atoms with van der Waals surface area (Å²) in [4.78, 5) is 79.5. The van der Waals surface area contributed by atoms with E-state index in [1.54, 1.807) is 0 Å². The van der Waals surface area contributed by atoms with Gasteiger partial charge in [0.25, 0.3) is 17.7 Å². The first-order valence-corrected chi connectivity index (χ1v) is 8.83. The molecule has 1 saturated heterocycles. The zero-order valence-corrected chi connectivity index (χ0v) is 15.0. The summed E-state index contributed by atoms with van der Waals surface area (Å²) in [7, 11) is 1.28. The lowest BCUT2D eigenvalue weighted by atomic mass is 9.81. The average Bonchev–Trinajstić information content (AvgIpc) is 2.97. The normalized spacial score (nSPS) is 22.3. The summed E-state index contributed by atoms with van der Waals surface area (Å²) in [5.74, 6) is -4.26. The fourth-order valence-corrected chi connectivity index (χ4v) is 3.04. The van der Waals surface area contributed by atoms with Crippen LogP contribution in [0.15, 0.2) is 0 Å². The SMILES string of the molecule is CN(OC(=O)C1CCCC(C(=O)ON2C(=O)CCC2=O)C1)C(=O)CCC=O. The predicted molar refractivity (Wildman–Crippen MR) is 86.8 cm³/mol. The molecule has 2 atom stereocenters. The Morgan fingerprint density at radius 1 is 1.11 bits per heavy atom. The fraction of sp³-hybridized carbons (Fsp3) is 0.647. The third-order valence-electron chi connectivity index (χ3n) is 4.58. The molecule has 0 N–H and O–H groups in total. The summed E-state index contributed by atoms with van der Waals surface area (Å²) < 4.78 is 0. The van der Waals surface area contributed by atoms with Gasteiger partial charge in [-0.05, 0) is 19.3 Å². The first kappa shape index (κ1) is 20.5. The molecule has 2 aliphatic rings. The number of rotatable bonds is 6. The van der Waals surface area contributed by atoms with Gasteiger partial charge >= 0.3 is 11.9 Å². The summed E-state index contributed by atoms with van der Waals surface area (Å²) in [5.41, 5.74) is 0. The van der Waals surface area contributed by atoms with Crippen LogP contribution in [0.4, 0.5) is 0 Å². The molecule has 2 rings (SSSR count). The van der Waals surface area contributed by atoms with Crippen molar-refractivity contribution in [1.82, 2.24) is 10.1 Å². The number of aldehydes is 1. The van der Waals surface area contributed by atoms with Crippen LogP contribution in [0.5, 0.6) is 0 Å². The highest BCUT2D eigenvalue weighted by atomic mass is 16.7. The van der Waals surface area contributed by atoms with E-state index in [0.29, 0.717) is 30.6 Å². The summed E-state index contributed by atoms with van der Waals surface area (Å²) in [5, 5.41) is 1.28. The molecule has 0 bridgehead atoms. The second-order valence-electron chi connectivity index (χ2n) is 6.56. The third kappa shape index (κ3) is 5.35. The van der Waals surface area contributed by atoms with Crippen molar-refractivity contribution >= 4 is 35.9 Å². The Morgan fingerprint density at radius 2 is 1.70 bits per heavy atom. The summed E-state index contributed by atoms with van der Waals surface area (Å²) in [6.45, 7) is 0. The van der Waals surface area contributed by atoms with E-state index in [1.807, 2.05) is 0 Å². The Bertz CT molecular complexity index is 631. The number of hydroxylamine groups is 4. The van der Waals surface area contributed by atoms with Crippen molar-refractivity contribution in [3.05, 3.63) is 0 Å². The van der Waals surface area contributed by atoms with E-state index >= 15 is 0 Å². The van der Waals surface area contributed by atoms with Gasteiger partial charge in [-0.1, -0.05) is 6.42 Å². The number of carbonyl (C=O) groups is 6. The molecule has 1 aliphatic carbocycles. The van der Waals surface area contributed by atoms with Gasteiger partial charge in [0.2, 0.25) is 0 Å². The molecule has 1 saturated carbocycles. The highest BCUT2D eigenvalue weighted by Gasteiger charge is 2.38. The minimum absolute atomic E-state index is 0.0101. The van der Waals surface area contributed by atoms with E-state index in [2.05, 4.69) is 0 Å². The smallest absolute Gasteiger partial charge is 0.336 e. The third-order valence-corrected chi connectivity index (χ3v) is 4.58. The van der Waals surface area contributed by atoms with Crippen LogP contribution >= 0.6 is 0 Å². The van der Waals surface area contributed by atoms with Crippen molar-refractivity contribution in [3.8, 4) is 0 Å². The molecular formula is C17H22N2O8. The minimum Gasteiger partial charge on any atom is -0.338 e. The van der Waals surface area contributed by atoms with Gasteiger partial charge in [0, 0.05) is 32.7 Å². The zero-order valence-electron chi connectivity index (χ0n) is 15.0. The molecule has 2 unspecified atom stereocenters. The lowest BCUT2D eigenvalue weighted by Gasteiger charge is -2.28. The quantitative estimate of drug-likeness (QED) is 0.364. The first-order chi connectivity index (χ1) is 12.8. The van der Waals surface area contributed by atoms with E-state index in [4.69, 9.17) is 9.68 Å². The van der Waals surface area contributed by atoms with Crippen LogP contribution in [0.1, 0.15) is 51.4 Å². The Morgan fingerprint density at radius 3 is 2.30 bits per heavy atom. The predicted octanol–water partition coefficient (Wildman–Crippen LogP) is 0.296. The maximum Gasteiger partial charge on any atom is 0.336 e. The Kier molecular flexibility index (Phi) is 7.03. The monoisotopic (exact) mass is 382 g/mol. The number of nitrogens with zero attached hydrogens (tertiary/aromatic N) is 2. The molecule has 0 aromatic carbocycles. The van der Waals surface area contributed by atoms with Crippen LogP contribution in [0.2, 0.25) is 0 Å². The maximum atomic E-state index is 12.2.